The Morgan fingerprint density at radius 1 is 1.22 bits per heavy atom. The zero-order chi connectivity index (χ0) is 12.4. The Morgan fingerprint density at radius 3 is 2.83 bits per heavy atom. The fourth-order valence-corrected chi connectivity index (χ4v) is 3.17. The van der Waals surface area contributed by atoms with Crippen LogP contribution in [0.3, 0.4) is 0 Å². The van der Waals surface area contributed by atoms with Crippen molar-refractivity contribution in [3.8, 4) is 0 Å². The molecule has 1 fully saturated rings. The van der Waals surface area contributed by atoms with Crippen LogP contribution in [0.15, 0.2) is 30.5 Å². The number of rotatable bonds is 4. The molecule has 2 heteroatoms. The van der Waals surface area contributed by atoms with Crippen molar-refractivity contribution in [1.82, 2.24) is 4.57 Å². The van der Waals surface area contributed by atoms with E-state index in [9.17, 15) is 4.79 Å². The van der Waals surface area contributed by atoms with Crippen LogP contribution in [0.4, 0.5) is 0 Å². The molecule has 18 heavy (non-hydrogen) atoms. The van der Waals surface area contributed by atoms with Gasteiger partial charge in [-0.05, 0) is 24.5 Å². The monoisotopic (exact) mass is 241 g/mol. The second kappa shape index (κ2) is 4.97. The minimum atomic E-state index is 0.798. The minimum absolute atomic E-state index is 0.798. The lowest BCUT2D eigenvalue weighted by Crippen LogP contribution is -2.02. The molecule has 1 aliphatic rings. The average Bonchev–Trinajstić information content (AvgIpc) is 3.05. The Morgan fingerprint density at radius 2 is 2.06 bits per heavy atom. The first-order valence-corrected chi connectivity index (χ1v) is 6.91. The highest BCUT2D eigenvalue weighted by atomic mass is 16.1. The van der Waals surface area contributed by atoms with Gasteiger partial charge in [-0.2, -0.15) is 0 Å². The van der Waals surface area contributed by atoms with Crippen LogP contribution in [0.5, 0.6) is 0 Å². The molecule has 1 aliphatic carbocycles. The maximum absolute atomic E-state index is 11.0. The zero-order valence-electron chi connectivity index (χ0n) is 10.6. The summed E-state index contributed by atoms with van der Waals surface area (Å²) in [7, 11) is 0. The third-order valence-corrected chi connectivity index (χ3v) is 4.23. The van der Waals surface area contributed by atoms with E-state index in [0.29, 0.717) is 0 Å². The maximum atomic E-state index is 11.0. The Balaban J connectivity index is 1.81. The van der Waals surface area contributed by atoms with Crippen LogP contribution >= 0.6 is 0 Å². The van der Waals surface area contributed by atoms with E-state index in [4.69, 9.17) is 0 Å². The number of carbonyl (C=O) groups excluding carboxylic acids is 1. The summed E-state index contributed by atoms with van der Waals surface area (Å²) in [5, 5.41) is 1.08. The van der Waals surface area contributed by atoms with Gasteiger partial charge < -0.3 is 4.57 Å². The molecule has 0 N–H and O–H groups in total. The summed E-state index contributed by atoms with van der Waals surface area (Å²) in [5.74, 6) is 0.914. The summed E-state index contributed by atoms with van der Waals surface area (Å²) in [6, 6.07) is 8.03. The SMILES string of the molecule is O=Cc1cccc2c1ccn2CCC1CCCC1. The predicted octanol–water partition coefficient (Wildman–Crippen LogP) is 4.03. The topological polar surface area (TPSA) is 22.0 Å². The van der Waals surface area contributed by atoms with Crippen molar-refractivity contribution in [2.24, 2.45) is 5.92 Å². The second-order valence-corrected chi connectivity index (χ2v) is 5.35. The molecule has 1 saturated carbocycles. The molecule has 0 bridgehead atoms. The predicted molar refractivity (Wildman–Crippen MR) is 73.9 cm³/mol. The first-order chi connectivity index (χ1) is 8.88. The molecule has 0 unspecified atom stereocenters. The standard InChI is InChI=1S/C16H19NO/c18-12-14-6-3-7-16-15(14)9-11-17(16)10-8-13-4-1-2-5-13/h3,6-7,9,11-13H,1-2,4-5,8,10H2. The highest BCUT2D eigenvalue weighted by Crippen LogP contribution is 2.28. The average molecular weight is 241 g/mol. The van der Waals surface area contributed by atoms with Gasteiger partial charge in [-0.1, -0.05) is 37.8 Å². The third kappa shape index (κ3) is 2.07. The Hall–Kier alpha value is -1.57. The van der Waals surface area contributed by atoms with Crippen LogP contribution in [0, 0.1) is 5.92 Å². The van der Waals surface area contributed by atoms with Crippen LogP contribution in [0.25, 0.3) is 10.9 Å². The van der Waals surface area contributed by atoms with Gasteiger partial charge in [0.2, 0.25) is 0 Å². The van der Waals surface area contributed by atoms with Gasteiger partial charge in [0.1, 0.15) is 0 Å². The van der Waals surface area contributed by atoms with Crippen molar-refractivity contribution in [3.63, 3.8) is 0 Å². The summed E-state index contributed by atoms with van der Waals surface area (Å²) in [5.41, 5.74) is 1.99. The molecule has 0 amide bonds. The zero-order valence-corrected chi connectivity index (χ0v) is 10.6. The molecule has 0 atom stereocenters. The van der Waals surface area contributed by atoms with Gasteiger partial charge in [-0.15, -0.1) is 0 Å². The molecule has 94 valence electrons. The Kier molecular flexibility index (Phi) is 3.18. The second-order valence-electron chi connectivity index (χ2n) is 5.35. The first-order valence-electron chi connectivity index (χ1n) is 6.91. The normalized spacial score (nSPS) is 16.4. The van der Waals surface area contributed by atoms with Crippen LogP contribution in [0.1, 0.15) is 42.5 Å². The number of benzene rings is 1. The molecule has 1 heterocycles. The summed E-state index contributed by atoms with van der Waals surface area (Å²) in [4.78, 5) is 11.0. The summed E-state index contributed by atoms with van der Waals surface area (Å²) in [6.45, 7) is 1.08. The van der Waals surface area contributed by atoms with Crippen LogP contribution in [-0.4, -0.2) is 10.9 Å². The minimum Gasteiger partial charge on any atom is -0.347 e. The van der Waals surface area contributed by atoms with Crippen molar-refractivity contribution >= 4 is 17.2 Å². The lowest BCUT2D eigenvalue weighted by Gasteiger charge is -2.10. The Labute approximate surface area is 108 Å². The number of carbonyl (C=O) groups is 1. The van der Waals surface area contributed by atoms with Crippen LogP contribution < -0.4 is 0 Å². The van der Waals surface area contributed by atoms with Gasteiger partial charge in [0.15, 0.2) is 6.29 Å². The molecule has 0 spiro atoms. The fraction of sp³-hybridized carbons (Fsp3) is 0.438. The first kappa shape index (κ1) is 11.5. The van der Waals surface area contributed by atoms with Gasteiger partial charge in [-0.3, -0.25) is 4.79 Å². The maximum Gasteiger partial charge on any atom is 0.150 e. The van der Waals surface area contributed by atoms with Crippen molar-refractivity contribution in [1.29, 1.82) is 0 Å². The van der Waals surface area contributed by atoms with Gasteiger partial charge in [0, 0.05) is 29.2 Å². The van der Waals surface area contributed by atoms with Gasteiger partial charge in [0.05, 0.1) is 0 Å². The highest BCUT2D eigenvalue weighted by molar-refractivity contribution is 5.97. The third-order valence-electron chi connectivity index (χ3n) is 4.23. The van der Waals surface area contributed by atoms with E-state index < -0.39 is 0 Å². The lowest BCUT2D eigenvalue weighted by atomic mass is 10.0. The largest absolute Gasteiger partial charge is 0.347 e. The van der Waals surface area contributed by atoms with Crippen molar-refractivity contribution in [2.45, 2.75) is 38.6 Å². The van der Waals surface area contributed by atoms with E-state index in [1.165, 1.54) is 37.6 Å². The Bertz CT molecular complexity index is 549. The van der Waals surface area contributed by atoms with Gasteiger partial charge in [0.25, 0.3) is 0 Å². The highest BCUT2D eigenvalue weighted by Gasteiger charge is 2.15. The molecule has 1 aromatic heterocycles. The van der Waals surface area contributed by atoms with Crippen molar-refractivity contribution < 1.29 is 4.79 Å². The summed E-state index contributed by atoms with van der Waals surface area (Å²) < 4.78 is 2.29. The summed E-state index contributed by atoms with van der Waals surface area (Å²) in [6.07, 6.45) is 9.96. The quantitative estimate of drug-likeness (QED) is 0.741. The van der Waals surface area contributed by atoms with E-state index in [1.807, 2.05) is 12.1 Å². The number of nitrogens with zero attached hydrogens (tertiary/aromatic N) is 1. The number of aldehydes is 1. The summed E-state index contributed by atoms with van der Waals surface area (Å²) >= 11 is 0. The molecule has 3 rings (SSSR count). The number of fused-ring (bicyclic) bond motifs is 1. The molecule has 2 nitrogen and oxygen atoms in total. The van der Waals surface area contributed by atoms with E-state index >= 15 is 0 Å². The van der Waals surface area contributed by atoms with E-state index in [0.717, 1.165) is 29.7 Å². The molecular formula is C16H19NO. The lowest BCUT2D eigenvalue weighted by molar-refractivity contribution is 0.112. The molecular weight excluding hydrogens is 222 g/mol. The smallest absolute Gasteiger partial charge is 0.150 e. The van der Waals surface area contributed by atoms with Crippen LogP contribution in [0.2, 0.25) is 0 Å². The van der Waals surface area contributed by atoms with E-state index in [2.05, 4.69) is 22.9 Å². The molecule has 0 saturated heterocycles. The molecule has 2 aromatic rings. The van der Waals surface area contributed by atoms with E-state index in [1.54, 1.807) is 0 Å². The van der Waals surface area contributed by atoms with Gasteiger partial charge in [-0.25, -0.2) is 0 Å². The number of hydrogen-bond acceptors (Lipinski definition) is 1. The van der Waals surface area contributed by atoms with Crippen LogP contribution in [-0.2, 0) is 6.54 Å². The van der Waals surface area contributed by atoms with Crippen molar-refractivity contribution in [3.05, 3.63) is 36.0 Å². The molecule has 0 aliphatic heterocycles. The molecule has 1 aromatic carbocycles. The number of aromatic nitrogens is 1. The number of aryl methyl sites for hydroxylation is 1. The van der Waals surface area contributed by atoms with Crippen molar-refractivity contribution in [2.75, 3.05) is 0 Å². The van der Waals surface area contributed by atoms with E-state index in [-0.39, 0.29) is 0 Å². The number of hydrogen-bond donors (Lipinski definition) is 0. The molecule has 0 radical (unpaired) electrons. The fourth-order valence-electron chi connectivity index (χ4n) is 3.17. The van der Waals surface area contributed by atoms with Gasteiger partial charge >= 0.3 is 0 Å².